The maximum Gasteiger partial charge on any atom is 0.188 e. The van der Waals surface area contributed by atoms with Crippen LogP contribution in [0.15, 0.2) is 4.99 Å². The Balaban J connectivity index is 2.36. The van der Waals surface area contributed by atoms with Gasteiger partial charge in [0, 0.05) is 18.7 Å². The molecule has 0 amide bonds. The Bertz CT molecular complexity index is 278. The Morgan fingerprint density at radius 2 is 2.00 bits per heavy atom. The van der Waals surface area contributed by atoms with Crippen LogP contribution in [0.25, 0.3) is 0 Å². The number of nitrogens with one attached hydrogen (secondary N) is 1. The van der Waals surface area contributed by atoms with Crippen molar-refractivity contribution in [3.63, 3.8) is 0 Å². The van der Waals surface area contributed by atoms with Gasteiger partial charge in [0.05, 0.1) is 6.10 Å². The molecule has 4 heteroatoms. The molecule has 1 saturated carbocycles. The summed E-state index contributed by atoms with van der Waals surface area (Å²) in [6.07, 6.45) is 6.66. The van der Waals surface area contributed by atoms with E-state index in [2.05, 4.69) is 38.0 Å². The van der Waals surface area contributed by atoms with Crippen LogP contribution in [-0.4, -0.2) is 30.8 Å². The molecule has 0 aromatic carbocycles. The van der Waals surface area contributed by atoms with E-state index in [0.717, 1.165) is 25.5 Å². The molecule has 1 fully saturated rings. The molecule has 19 heavy (non-hydrogen) atoms. The van der Waals surface area contributed by atoms with Crippen LogP contribution in [0.1, 0.15) is 59.8 Å². The topological polar surface area (TPSA) is 59.6 Å². The van der Waals surface area contributed by atoms with Gasteiger partial charge < -0.3 is 15.8 Å². The van der Waals surface area contributed by atoms with Crippen LogP contribution in [-0.2, 0) is 4.74 Å². The van der Waals surface area contributed by atoms with Crippen LogP contribution in [0, 0.1) is 5.92 Å². The number of hydrogen-bond donors (Lipinski definition) is 2. The van der Waals surface area contributed by atoms with E-state index in [1.165, 1.54) is 25.7 Å². The van der Waals surface area contributed by atoms with E-state index in [1.807, 2.05) is 0 Å². The number of nitrogens with two attached hydrogens (primary N) is 1. The summed E-state index contributed by atoms with van der Waals surface area (Å²) in [5.74, 6) is 1.26. The summed E-state index contributed by atoms with van der Waals surface area (Å²) in [6, 6.07) is 0. The van der Waals surface area contributed by atoms with Crippen molar-refractivity contribution in [3.8, 4) is 0 Å². The number of aliphatic imine (C=N–C) groups is 1. The Hall–Kier alpha value is -0.770. The van der Waals surface area contributed by atoms with Gasteiger partial charge >= 0.3 is 0 Å². The van der Waals surface area contributed by atoms with Crippen LogP contribution in [0.3, 0.4) is 0 Å². The number of hydrogen-bond acceptors (Lipinski definition) is 2. The van der Waals surface area contributed by atoms with E-state index in [4.69, 9.17) is 10.5 Å². The predicted octanol–water partition coefficient (Wildman–Crippen LogP) is 2.67. The summed E-state index contributed by atoms with van der Waals surface area (Å²) in [6.45, 7) is 9.85. The van der Waals surface area contributed by atoms with Crippen LogP contribution < -0.4 is 11.1 Å². The van der Waals surface area contributed by atoms with E-state index < -0.39 is 0 Å². The third-order valence-electron chi connectivity index (χ3n) is 3.51. The molecule has 4 nitrogen and oxygen atoms in total. The van der Waals surface area contributed by atoms with Crippen molar-refractivity contribution in [3.05, 3.63) is 0 Å². The molecule has 112 valence electrons. The summed E-state index contributed by atoms with van der Waals surface area (Å²) >= 11 is 0. The lowest BCUT2D eigenvalue weighted by Gasteiger charge is -2.23. The fourth-order valence-corrected chi connectivity index (χ4v) is 2.73. The molecule has 1 aliphatic carbocycles. The zero-order chi connectivity index (χ0) is 14.3. The molecule has 0 heterocycles. The van der Waals surface area contributed by atoms with Crippen molar-refractivity contribution in [2.24, 2.45) is 16.6 Å². The molecule has 0 bridgehead atoms. The molecule has 1 unspecified atom stereocenters. The second kappa shape index (κ2) is 7.73. The Kier molecular flexibility index (Phi) is 6.63. The molecule has 0 aliphatic heterocycles. The van der Waals surface area contributed by atoms with Gasteiger partial charge in [-0.05, 0) is 52.9 Å². The first-order valence-electron chi connectivity index (χ1n) is 7.62. The molecule has 0 spiro atoms. The van der Waals surface area contributed by atoms with Crippen molar-refractivity contribution in [1.82, 2.24) is 5.32 Å². The van der Waals surface area contributed by atoms with Gasteiger partial charge in [0.15, 0.2) is 5.96 Å². The predicted molar refractivity (Wildman–Crippen MR) is 81.4 cm³/mol. The summed E-state index contributed by atoms with van der Waals surface area (Å²) in [5, 5.41) is 3.18. The lowest BCUT2D eigenvalue weighted by molar-refractivity contribution is 0.0177. The molecule has 0 aromatic heterocycles. The highest BCUT2D eigenvalue weighted by atomic mass is 16.5. The van der Waals surface area contributed by atoms with E-state index in [9.17, 15) is 0 Å². The molecule has 1 atom stereocenters. The molecule has 1 aliphatic rings. The average Bonchev–Trinajstić information content (AvgIpc) is 2.78. The van der Waals surface area contributed by atoms with Crippen molar-refractivity contribution in [1.29, 1.82) is 0 Å². The number of guanidine groups is 1. The number of ether oxygens (including phenoxy) is 1. The van der Waals surface area contributed by atoms with Gasteiger partial charge in [-0.2, -0.15) is 0 Å². The fraction of sp³-hybridized carbons (Fsp3) is 0.933. The minimum absolute atomic E-state index is 0.0294. The lowest BCUT2D eigenvalue weighted by atomic mass is 9.98. The lowest BCUT2D eigenvalue weighted by Crippen LogP contribution is -2.45. The first kappa shape index (κ1) is 16.3. The quantitative estimate of drug-likeness (QED) is 0.576. The minimum atomic E-state index is -0.0294. The number of rotatable bonds is 6. The molecule has 1 rings (SSSR count). The first-order chi connectivity index (χ1) is 8.92. The molecule has 0 saturated heterocycles. The Labute approximate surface area is 118 Å². The van der Waals surface area contributed by atoms with E-state index in [0.29, 0.717) is 12.1 Å². The summed E-state index contributed by atoms with van der Waals surface area (Å²) in [4.78, 5) is 4.41. The Morgan fingerprint density at radius 3 is 2.53 bits per heavy atom. The van der Waals surface area contributed by atoms with Gasteiger partial charge in [0.1, 0.15) is 0 Å². The fourth-order valence-electron chi connectivity index (χ4n) is 2.73. The maximum atomic E-state index is 5.88. The van der Waals surface area contributed by atoms with Crippen LogP contribution in [0.5, 0.6) is 0 Å². The molecule has 3 N–H and O–H groups in total. The van der Waals surface area contributed by atoms with Gasteiger partial charge in [-0.1, -0.05) is 12.8 Å². The van der Waals surface area contributed by atoms with Crippen LogP contribution >= 0.6 is 0 Å². The van der Waals surface area contributed by atoms with Gasteiger partial charge in [-0.3, -0.25) is 4.99 Å². The summed E-state index contributed by atoms with van der Waals surface area (Å²) in [5.41, 5.74) is 5.84. The second-order valence-electron chi connectivity index (χ2n) is 6.47. The highest BCUT2D eigenvalue weighted by Crippen LogP contribution is 2.30. The van der Waals surface area contributed by atoms with Crippen molar-refractivity contribution >= 4 is 5.96 Å². The SMILES string of the molecule is CCOC(CCN=C(N)NC(C)(C)C)C1CCCC1. The molecule has 0 aromatic rings. The van der Waals surface area contributed by atoms with E-state index >= 15 is 0 Å². The average molecular weight is 269 g/mol. The number of nitrogens with zero attached hydrogens (tertiary/aromatic N) is 1. The van der Waals surface area contributed by atoms with Crippen LogP contribution in [0.2, 0.25) is 0 Å². The summed E-state index contributed by atoms with van der Waals surface area (Å²) in [7, 11) is 0. The smallest absolute Gasteiger partial charge is 0.188 e. The minimum Gasteiger partial charge on any atom is -0.378 e. The third-order valence-corrected chi connectivity index (χ3v) is 3.51. The third kappa shape index (κ3) is 6.81. The monoisotopic (exact) mass is 269 g/mol. The zero-order valence-electron chi connectivity index (χ0n) is 13.0. The van der Waals surface area contributed by atoms with E-state index in [-0.39, 0.29) is 5.54 Å². The first-order valence-corrected chi connectivity index (χ1v) is 7.62. The highest BCUT2D eigenvalue weighted by Gasteiger charge is 2.24. The van der Waals surface area contributed by atoms with E-state index in [1.54, 1.807) is 0 Å². The van der Waals surface area contributed by atoms with Gasteiger partial charge in [0.25, 0.3) is 0 Å². The zero-order valence-corrected chi connectivity index (χ0v) is 13.0. The van der Waals surface area contributed by atoms with Crippen LogP contribution in [0.4, 0.5) is 0 Å². The maximum absolute atomic E-state index is 5.88. The van der Waals surface area contributed by atoms with Crippen molar-refractivity contribution in [2.45, 2.75) is 71.4 Å². The summed E-state index contributed by atoms with van der Waals surface area (Å²) < 4.78 is 5.88. The highest BCUT2D eigenvalue weighted by molar-refractivity contribution is 5.78. The largest absolute Gasteiger partial charge is 0.378 e. The van der Waals surface area contributed by atoms with Crippen molar-refractivity contribution < 1.29 is 4.74 Å². The standard InChI is InChI=1S/C15H31N3O/c1-5-19-13(12-8-6-7-9-12)10-11-17-14(16)18-15(2,3)4/h12-13H,5-11H2,1-4H3,(H3,16,17,18). The molecule has 0 radical (unpaired) electrons. The van der Waals surface area contributed by atoms with Gasteiger partial charge in [-0.15, -0.1) is 0 Å². The normalized spacial score (nSPS) is 19.7. The Morgan fingerprint density at radius 1 is 1.37 bits per heavy atom. The molecular formula is C15H31N3O. The van der Waals surface area contributed by atoms with Gasteiger partial charge in [-0.25, -0.2) is 0 Å². The van der Waals surface area contributed by atoms with Crippen molar-refractivity contribution in [2.75, 3.05) is 13.2 Å². The second-order valence-corrected chi connectivity index (χ2v) is 6.47. The molecular weight excluding hydrogens is 238 g/mol. The van der Waals surface area contributed by atoms with Gasteiger partial charge in [0.2, 0.25) is 0 Å².